The van der Waals surface area contributed by atoms with Gasteiger partial charge in [0.2, 0.25) is 5.89 Å². The molecular weight excluding hydrogens is 396 g/mol. The highest BCUT2D eigenvalue weighted by Crippen LogP contribution is 2.42. The van der Waals surface area contributed by atoms with Crippen molar-refractivity contribution in [1.29, 1.82) is 0 Å². The van der Waals surface area contributed by atoms with Crippen molar-refractivity contribution in [3.8, 4) is 5.95 Å². The molecule has 3 rings (SSSR count). The Labute approximate surface area is 185 Å². The molecule has 1 aliphatic heterocycles. The summed E-state index contributed by atoms with van der Waals surface area (Å²) in [7, 11) is 0. The number of fused-ring (bicyclic) bond motifs is 1. The topological polar surface area (TPSA) is 68.4 Å². The Morgan fingerprint density at radius 2 is 2.00 bits per heavy atom. The molecule has 0 radical (unpaired) electrons. The molecule has 0 aliphatic carbocycles. The van der Waals surface area contributed by atoms with Crippen molar-refractivity contribution in [2.75, 3.05) is 6.61 Å². The average molecular weight is 431 g/mol. The second-order valence-electron chi connectivity index (χ2n) is 6.71. The zero-order chi connectivity index (χ0) is 22.7. The molecule has 1 aliphatic rings. The lowest BCUT2D eigenvalue weighted by atomic mass is 10.1. The monoisotopic (exact) mass is 430 g/mol. The van der Waals surface area contributed by atoms with Crippen LogP contribution >= 0.6 is 11.8 Å². The third kappa shape index (κ3) is 7.50. The van der Waals surface area contributed by atoms with Gasteiger partial charge in [0.1, 0.15) is 0 Å². The molecule has 1 unspecified atom stereocenters. The zero-order valence-corrected chi connectivity index (χ0v) is 19.8. The van der Waals surface area contributed by atoms with E-state index in [1.165, 1.54) is 11.8 Å². The standard InChI is InChI=1S/C18H18N2O2S.C4H10O.C2H6/c1-11(2)16(23-13(4)14-6-5-8-19-10-14)17-20-15-12(3)7-9-21-18(15)22-17;1-3-4(2)5;1-2/h5-6,8,10H,3-4,7,9H2,1-2H3;4-5H,3H2,1-2H3;1-2H3. The van der Waals surface area contributed by atoms with Gasteiger partial charge >= 0.3 is 5.95 Å². The van der Waals surface area contributed by atoms with Gasteiger partial charge in [-0.05, 0) is 38.8 Å². The van der Waals surface area contributed by atoms with Gasteiger partial charge in [-0.15, -0.1) is 0 Å². The minimum absolute atomic E-state index is 0.116. The summed E-state index contributed by atoms with van der Waals surface area (Å²) in [4.78, 5) is 10.5. The van der Waals surface area contributed by atoms with Crippen LogP contribution in [0.3, 0.4) is 0 Å². The highest BCUT2D eigenvalue weighted by molar-refractivity contribution is 8.16. The molecule has 0 saturated heterocycles. The lowest BCUT2D eigenvalue weighted by Gasteiger charge is -2.11. The summed E-state index contributed by atoms with van der Waals surface area (Å²) >= 11 is 1.53. The van der Waals surface area contributed by atoms with Crippen molar-refractivity contribution >= 4 is 27.1 Å². The molecule has 30 heavy (non-hydrogen) atoms. The Morgan fingerprint density at radius 3 is 2.50 bits per heavy atom. The molecule has 0 saturated carbocycles. The molecule has 0 amide bonds. The Kier molecular flexibility index (Phi) is 11.2. The van der Waals surface area contributed by atoms with Crippen LogP contribution in [-0.4, -0.2) is 27.8 Å². The van der Waals surface area contributed by atoms with Crippen molar-refractivity contribution in [1.82, 2.24) is 9.97 Å². The fourth-order valence-electron chi connectivity index (χ4n) is 2.18. The molecule has 1 atom stereocenters. The number of aliphatic hydroxyl groups is 1. The second kappa shape index (κ2) is 13.1. The van der Waals surface area contributed by atoms with Gasteiger partial charge in [0, 0.05) is 29.3 Å². The van der Waals surface area contributed by atoms with Crippen LogP contribution < -0.4 is 4.74 Å². The molecule has 0 fully saturated rings. The summed E-state index contributed by atoms with van der Waals surface area (Å²) in [5.41, 5.74) is 3.75. The highest BCUT2D eigenvalue weighted by atomic mass is 32.2. The molecular formula is C24H34N2O3S. The van der Waals surface area contributed by atoms with Gasteiger partial charge < -0.3 is 14.3 Å². The van der Waals surface area contributed by atoms with Gasteiger partial charge in [0.15, 0.2) is 5.69 Å². The molecule has 3 heterocycles. The molecule has 2 aromatic rings. The number of pyridine rings is 1. The minimum atomic E-state index is -0.116. The first-order valence-electron chi connectivity index (χ1n) is 10.3. The minimum Gasteiger partial charge on any atom is -0.463 e. The molecule has 5 nitrogen and oxygen atoms in total. The largest absolute Gasteiger partial charge is 0.463 e. The first-order chi connectivity index (χ1) is 14.3. The summed E-state index contributed by atoms with van der Waals surface area (Å²) in [6.07, 6.45) is 5.06. The van der Waals surface area contributed by atoms with Gasteiger partial charge in [-0.1, -0.05) is 57.3 Å². The van der Waals surface area contributed by atoms with E-state index >= 15 is 0 Å². The predicted molar refractivity (Wildman–Crippen MR) is 128 cm³/mol. The SMILES string of the molecule is C=C(SC(=C(C)C)c1nc2c(o1)OCCC2=C)c1cccnc1.CC.CCC(C)O. The number of rotatable bonds is 5. The van der Waals surface area contributed by atoms with Crippen LogP contribution in [0.15, 0.2) is 47.7 Å². The summed E-state index contributed by atoms with van der Waals surface area (Å²) < 4.78 is 11.3. The van der Waals surface area contributed by atoms with Crippen LogP contribution in [0.4, 0.5) is 0 Å². The Morgan fingerprint density at radius 1 is 1.33 bits per heavy atom. The fourth-order valence-corrected chi connectivity index (χ4v) is 3.04. The number of hydrogen-bond donors (Lipinski definition) is 1. The van der Waals surface area contributed by atoms with Crippen LogP contribution in [0.1, 0.15) is 71.5 Å². The van der Waals surface area contributed by atoms with Gasteiger partial charge in [-0.25, -0.2) is 4.98 Å². The lowest BCUT2D eigenvalue weighted by molar-refractivity contribution is 0.191. The molecule has 0 aromatic carbocycles. The summed E-state index contributed by atoms with van der Waals surface area (Å²) in [5.74, 6) is 1.01. The van der Waals surface area contributed by atoms with E-state index in [2.05, 4.69) is 23.1 Å². The van der Waals surface area contributed by atoms with Gasteiger partial charge in [0.05, 0.1) is 17.6 Å². The highest BCUT2D eigenvalue weighted by Gasteiger charge is 2.24. The smallest absolute Gasteiger partial charge is 0.313 e. The lowest BCUT2D eigenvalue weighted by Crippen LogP contribution is -2.05. The van der Waals surface area contributed by atoms with E-state index in [0.717, 1.165) is 45.1 Å². The Hall–Kier alpha value is -2.31. The van der Waals surface area contributed by atoms with Crippen molar-refractivity contribution in [3.05, 3.63) is 60.4 Å². The maximum atomic E-state index is 8.36. The van der Waals surface area contributed by atoms with Gasteiger partial charge in [-0.2, -0.15) is 0 Å². The van der Waals surface area contributed by atoms with Crippen molar-refractivity contribution in [2.24, 2.45) is 0 Å². The van der Waals surface area contributed by atoms with E-state index in [9.17, 15) is 0 Å². The van der Waals surface area contributed by atoms with Crippen molar-refractivity contribution in [3.63, 3.8) is 0 Å². The molecule has 0 spiro atoms. The number of aliphatic hydroxyl groups excluding tert-OH is 1. The van der Waals surface area contributed by atoms with Crippen molar-refractivity contribution < 1.29 is 14.3 Å². The number of aromatic nitrogens is 2. The first-order valence-corrected chi connectivity index (χ1v) is 11.1. The van der Waals surface area contributed by atoms with E-state index in [-0.39, 0.29) is 6.10 Å². The van der Waals surface area contributed by atoms with Crippen LogP contribution in [0.25, 0.3) is 15.4 Å². The number of thioether (sulfide) groups is 1. The molecule has 0 bridgehead atoms. The van der Waals surface area contributed by atoms with E-state index in [0.29, 0.717) is 18.4 Å². The molecule has 2 aromatic heterocycles. The van der Waals surface area contributed by atoms with Crippen LogP contribution in [0.5, 0.6) is 5.95 Å². The maximum Gasteiger partial charge on any atom is 0.313 e. The Bertz CT molecular complexity index is 851. The third-order valence-corrected chi connectivity index (χ3v) is 5.29. The number of nitrogens with zero attached hydrogens (tertiary/aromatic N) is 2. The number of allylic oxidation sites excluding steroid dienone is 1. The van der Waals surface area contributed by atoms with E-state index in [4.69, 9.17) is 14.3 Å². The van der Waals surface area contributed by atoms with Crippen LogP contribution in [0, 0.1) is 0 Å². The second-order valence-corrected chi connectivity index (χ2v) is 7.82. The number of oxazole rings is 1. The van der Waals surface area contributed by atoms with Gasteiger partial charge in [-0.3, -0.25) is 4.98 Å². The third-order valence-electron chi connectivity index (χ3n) is 4.02. The predicted octanol–water partition coefficient (Wildman–Crippen LogP) is 6.82. The van der Waals surface area contributed by atoms with E-state index in [1.54, 1.807) is 19.3 Å². The zero-order valence-electron chi connectivity index (χ0n) is 19.0. The maximum absolute atomic E-state index is 8.36. The number of hydrogen-bond acceptors (Lipinski definition) is 6. The average Bonchev–Trinajstić information content (AvgIpc) is 3.19. The number of ether oxygens (including phenoxy) is 1. The molecule has 6 heteroatoms. The molecule has 1 N–H and O–H groups in total. The fraction of sp³-hybridized carbons (Fsp3) is 0.417. The first kappa shape index (κ1) is 25.7. The quantitative estimate of drug-likeness (QED) is 0.561. The summed E-state index contributed by atoms with van der Waals surface area (Å²) in [6, 6.07) is 3.88. The Balaban J connectivity index is 0.000000565. The van der Waals surface area contributed by atoms with E-state index in [1.807, 2.05) is 46.8 Å². The molecule has 164 valence electrons. The summed E-state index contributed by atoms with van der Waals surface area (Å²) in [5, 5.41) is 8.36. The van der Waals surface area contributed by atoms with Crippen molar-refractivity contribution in [2.45, 2.75) is 60.5 Å². The van der Waals surface area contributed by atoms with Crippen LogP contribution in [0.2, 0.25) is 0 Å². The van der Waals surface area contributed by atoms with Crippen LogP contribution in [-0.2, 0) is 0 Å². The van der Waals surface area contributed by atoms with E-state index < -0.39 is 0 Å². The summed E-state index contributed by atoms with van der Waals surface area (Å²) in [6.45, 7) is 20.5. The normalized spacial score (nSPS) is 12.8. The van der Waals surface area contributed by atoms with Gasteiger partial charge in [0.25, 0.3) is 0 Å².